The molecule has 0 saturated carbocycles. The summed E-state index contributed by atoms with van der Waals surface area (Å²) in [6, 6.07) is 18.4. The van der Waals surface area contributed by atoms with Gasteiger partial charge in [0.1, 0.15) is 0 Å². The van der Waals surface area contributed by atoms with Gasteiger partial charge in [0.2, 0.25) is 0 Å². The first kappa shape index (κ1) is 9.87. The van der Waals surface area contributed by atoms with E-state index in [4.69, 9.17) is 12.2 Å². The molecule has 0 bridgehead atoms. The lowest BCUT2D eigenvalue weighted by Crippen LogP contribution is -1.94. The second kappa shape index (κ2) is 4.71. The Morgan fingerprint density at radius 2 is 1.53 bits per heavy atom. The highest BCUT2D eigenvalue weighted by atomic mass is 32.1. The molecule has 74 valence electrons. The summed E-state index contributed by atoms with van der Waals surface area (Å²) in [5, 5.41) is 3.06. The Kier molecular flexibility index (Phi) is 3.10. The Morgan fingerprint density at radius 1 is 0.867 bits per heavy atom. The summed E-state index contributed by atoms with van der Waals surface area (Å²) >= 11 is 4.81. The Labute approximate surface area is 94.8 Å². The van der Waals surface area contributed by atoms with Crippen molar-refractivity contribution in [2.75, 3.05) is 5.32 Å². The molecule has 0 amide bonds. The zero-order chi connectivity index (χ0) is 10.5. The van der Waals surface area contributed by atoms with Crippen LogP contribution in [0.25, 0.3) is 11.1 Å². The number of rotatable bonds is 3. The van der Waals surface area contributed by atoms with Gasteiger partial charge in [0.15, 0.2) is 0 Å². The molecular weight excluding hydrogens is 202 g/mol. The molecule has 1 nitrogen and oxygen atoms in total. The van der Waals surface area contributed by atoms with Crippen LogP contribution in [0.1, 0.15) is 0 Å². The third-order valence-corrected chi connectivity index (χ3v) is 2.34. The molecule has 0 aliphatic carbocycles. The van der Waals surface area contributed by atoms with Crippen molar-refractivity contribution >= 4 is 23.4 Å². The Morgan fingerprint density at radius 3 is 2.27 bits per heavy atom. The molecule has 0 saturated heterocycles. The maximum atomic E-state index is 4.81. The molecule has 0 aliphatic heterocycles. The average molecular weight is 213 g/mol. The highest BCUT2D eigenvalue weighted by molar-refractivity contribution is 7.79. The highest BCUT2D eigenvalue weighted by Gasteiger charge is 2.01. The first-order valence-corrected chi connectivity index (χ1v) is 5.23. The van der Waals surface area contributed by atoms with E-state index in [1.165, 1.54) is 16.6 Å². The SMILES string of the molecule is S=CNc1ccccc1-c1ccccc1. The fourth-order valence-corrected chi connectivity index (χ4v) is 1.67. The predicted molar refractivity (Wildman–Crippen MR) is 69.2 cm³/mol. The van der Waals surface area contributed by atoms with Crippen LogP contribution < -0.4 is 5.32 Å². The summed E-state index contributed by atoms with van der Waals surface area (Å²) in [5.41, 5.74) is 4.93. The molecule has 2 heteroatoms. The standard InChI is InChI=1S/C13H11NS/c15-10-14-13-9-5-4-8-12(13)11-6-2-1-3-7-11/h1-10H,(H,14,15). The highest BCUT2D eigenvalue weighted by Crippen LogP contribution is 2.26. The molecule has 0 radical (unpaired) electrons. The minimum Gasteiger partial charge on any atom is -0.352 e. The summed E-state index contributed by atoms with van der Waals surface area (Å²) in [4.78, 5) is 0. The molecule has 0 aromatic heterocycles. The Bertz CT molecular complexity index is 451. The third-order valence-electron chi connectivity index (χ3n) is 2.23. The number of benzene rings is 2. The van der Waals surface area contributed by atoms with E-state index in [-0.39, 0.29) is 0 Å². The normalized spacial score (nSPS) is 9.60. The average Bonchev–Trinajstić information content (AvgIpc) is 2.31. The van der Waals surface area contributed by atoms with Gasteiger partial charge in [-0.1, -0.05) is 60.7 Å². The van der Waals surface area contributed by atoms with Gasteiger partial charge < -0.3 is 5.32 Å². The van der Waals surface area contributed by atoms with Crippen molar-refractivity contribution in [2.24, 2.45) is 0 Å². The van der Waals surface area contributed by atoms with Gasteiger partial charge >= 0.3 is 0 Å². The summed E-state index contributed by atoms with van der Waals surface area (Å²) < 4.78 is 0. The van der Waals surface area contributed by atoms with Gasteiger partial charge in [-0.15, -0.1) is 0 Å². The summed E-state index contributed by atoms with van der Waals surface area (Å²) in [7, 11) is 0. The molecule has 0 spiro atoms. The summed E-state index contributed by atoms with van der Waals surface area (Å²) in [6.45, 7) is 0. The molecule has 0 atom stereocenters. The second-order valence-electron chi connectivity index (χ2n) is 3.17. The number of hydrogen-bond acceptors (Lipinski definition) is 1. The monoisotopic (exact) mass is 213 g/mol. The van der Waals surface area contributed by atoms with Crippen molar-refractivity contribution in [3.8, 4) is 11.1 Å². The predicted octanol–water partition coefficient (Wildman–Crippen LogP) is 3.72. The van der Waals surface area contributed by atoms with Crippen molar-refractivity contribution in [1.29, 1.82) is 0 Å². The molecule has 2 rings (SSSR count). The van der Waals surface area contributed by atoms with Crippen LogP contribution in [0.15, 0.2) is 54.6 Å². The van der Waals surface area contributed by atoms with Crippen LogP contribution in [0.3, 0.4) is 0 Å². The number of anilines is 1. The van der Waals surface area contributed by atoms with Crippen molar-refractivity contribution < 1.29 is 0 Å². The third kappa shape index (κ3) is 2.22. The van der Waals surface area contributed by atoms with Gasteiger partial charge in [-0.05, 0) is 11.6 Å². The van der Waals surface area contributed by atoms with Crippen LogP contribution in [-0.2, 0) is 0 Å². The summed E-state index contributed by atoms with van der Waals surface area (Å²) in [5.74, 6) is 0. The first-order chi connectivity index (χ1) is 7.42. The van der Waals surface area contributed by atoms with Crippen molar-refractivity contribution in [3.63, 3.8) is 0 Å². The quantitative estimate of drug-likeness (QED) is 0.780. The topological polar surface area (TPSA) is 12.0 Å². The zero-order valence-corrected chi connectivity index (χ0v) is 9.00. The van der Waals surface area contributed by atoms with Gasteiger partial charge in [0.25, 0.3) is 0 Å². The van der Waals surface area contributed by atoms with E-state index in [1.807, 2.05) is 36.4 Å². The maximum absolute atomic E-state index is 4.81. The number of hydrogen-bond donors (Lipinski definition) is 1. The van der Waals surface area contributed by atoms with Crippen LogP contribution in [0, 0.1) is 0 Å². The van der Waals surface area contributed by atoms with Crippen LogP contribution in [-0.4, -0.2) is 5.49 Å². The largest absolute Gasteiger partial charge is 0.352 e. The van der Waals surface area contributed by atoms with Crippen molar-refractivity contribution in [1.82, 2.24) is 0 Å². The number of para-hydroxylation sites is 1. The molecule has 1 N–H and O–H groups in total. The summed E-state index contributed by atoms with van der Waals surface area (Å²) in [6.07, 6.45) is 0. The minimum absolute atomic E-state index is 1.04. The molecule has 0 aliphatic rings. The van der Waals surface area contributed by atoms with E-state index in [1.54, 1.807) is 0 Å². The van der Waals surface area contributed by atoms with E-state index in [0.717, 1.165) is 5.69 Å². The van der Waals surface area contributed by atoms with E-state index >= 15 is 0 Å². The number of nitrogens with one attached hydrogen (secondary N) is 1. The van der Waals surface area contributed by atoms with E-state index < -0.39 is 0 Å². The van der Waals surface area contributed by atoms with Crippen molar-refractivity contribution in [2.45, 2.75) is 0 Å². The zero-order valence-electron chi connectivity index (χ0n) is 8.18. The molecule has 0 heterocycles. The van der Waals surface area contributed by atoms with Crippen LogP contribution in [0.4, 0.5) is 5.69 Å². The fourth-order valence-electron chi connectivity index (χ4n) is 1.54. The number of thiocarbonyl (C=S) groups is 1. The molecule has 0 fully saturated rings. The molecular formula is C13H11NS. The first-order valence-electron chi connectivity index (χ1n) is 4.76. The van der Waals surface area contributed by atoms with Crippen LogP contribution in [0.2, 0.25) is 0 Å². The van der Waals surface area contributed by atoms with Gasteiger partial charge in [-0.25, -0.2) is 0 Å². The Balaban J connectivity index is 2.48. The molecule has 2 aromatic rings. The van der Waals surface area contributed by atoms with Crippen LogP contribution >= 0.6 is 12.2 Å². The van der Waals surface area contributed by atoms with Gasteiger partial charge in [-0.3, -0.25) is 0 Å². The lowest BCUT2D eigenvalue weighted by atomic mass is 10.0. The Hall–Kier alpha value is -1.67. The minimum atomic E-state index is 1.04. The van der Waals surface area contributed by atoms with Gasteiger partial charge in [0.05, 0.1) is 5.49 Å². The molecule has 0 unspecified atom stereocenters. The van der Waals surface area contributed by atoms with E-state index in [9.17, 15) is 0 Å². The fraction of sp³-hybridized carbons (Fsp3) is 0. The second-order valence-corrected chi connectivity index (χ2v) is 3.41. The van der Waals surface area contributed by atoms with Gasteiger partial charge in [-0.2, -0.15) is 0 Å². The lowest BCUT2D eigenvalue weighted by Gasteiger charge is -2.08. The smallest absolute Gasteiger partial charge is 0.0659 e. The molecule has 15 heavy (non-hydrogen) atoms. The van der Waals surface area contributed by atoms with E-state index in [0.29, 0.717) is 0 Å². The van der Waals surface area contributed by atoms with Crippen molar-refractivity contribution in [3.05, 3.63) is 54.6 Å². The lowest BCUT2D eigenvalue weighted by molar-refractivity contribution is 1.60. The van der Waals surface area contributed by atoms with E-state index in [2.05, 4.69) is 23.5 Å². The molecule has 2 aromatic carbocycles. The maximum Gasteiger partial charge on any atom is 0.0659 e. The van der Waals surface area contributed by atoms with Gasteiger partial charge in [0, 0.05) is 11.3 Å². The van der Waals surface area contributed by atoms with Crippen LogP contribution in [0.5, 0.6) is 0 Å².